The maximum absolute atomic E-state index is 13.3. The Kier molecular flexibility index (Phi) is 8.92. The number of para-hydroxylation sites is 1. The van der Waals surface area contributed by atoms with Crippen LogP contribution in [0.25, 0.3) is 22.2 Å². The van der Waals surface area contributed by atoms with Gasteiger partial charge in [-0.3, -0.25) is 9.59 Å². The maximum atomic E-state index is 13.3. The van der Waals surface area contributed by atoms with Gasteiger partial charge < -0.3 is 25.4 Å². The first-order chi connectivity index (χ1) is 19.8. The molecule has 0 radical (unpaired) electrons. The standard InChI is InChI=1S/C30H32ClN7O2S/c1-37(2)18-22(41)14-27(39)34-20-11-9-19(10-12-20)29(40)38-13-5-6-21(17-38)35-30-33-16-25(31)28(36-30)24-15-32-26-8-4-3-7-23(24)26/h3-4,7-12,14-16,21,32,41H,5-6,13,17-18H2,1-2H3,(H,34,39)(H,33,35,36)/b22-14-/t21-/m1/s1. The minimum Gasteiger partial charge on any atom is -0.360 e. The zero-order valence-electron chi connectivity index (χ0n) is 22.9. The van der Waals surface area contributed by atoms with Crippen molar-refractivity contribution in [1.29, 1.82) is 0 Å². The third kappa shape index (κ3) is 7.08. The molecule has 3 N–H and O–H groups in total. The highest BCUT2D eigenvalue weighted by molar-refractivity contribution is 7.84. The first-order valence-corrected chi connectivity index (χ1v) is 14.2. The molecule has 1 fully saturated rings. The lowest BCUT2D eigenvalue weighted by atomic mass is 10.0. The summed E-state index contributed by atoms with van der Waals surface area (Å²) in [6, 6.07) is 14.9. The summed E-state index contributed by atoms with van der Waals surface area (Å²) < 4.78 is 0. The molecule has 11 heteroatoms. The molecule has 212 valence electrons. The number of aromatic amines is 1. The van der Waals surface area contributed by atoms with Crippen molar-refractivity contribution in [2.75, 3.05) is 44.4 Å². The first-order valence-electron chi connectivity index (χ1n) is 13.4. The summed E-state index contributed by atoms with van der Waals surface area (Å²) in [5, 5.41) is 7.72. The number of halogens is 1. The predicted octanol–water partition coefficient (Wildman–Crippen LogP) is 5.31. The number of amides is 2. The molecule has 1 atom stereocenters. The minimum atomic E-state index is -0.266. The van der Waals surface area contributed by atoms with E-state index in [1.165, 1.54) is 6.08 Å². The van der Waals surface area contributed by atoms with Gasteiger partial charge in [-0.15, -0.1) is 12.6 Å². The van der Waals surface area contributed by atoms with Crippen molar-refractivity contribution in [2.24, 2.45) is 0 Å². The Hall–Kier alpha value is -3.86. The first kappa shape index (κ1) is 28.7. The molecule has 0 aliphatic carbocycles. The van der Waals surface area contributed by atoms with Gasteiger partial charge in [0, 0.05) is 70.6 Å². The molecule has 1 saturated heterocycles. The molecule has 0 bridgehead atoms. The number of piperidine rings is 1. The molecule has 0 spiro atoms. The average Bonchev–Trinajstić information content (AvgIpc) is 3.38. The number of nitrogens with zero attached hydrogens (tertiary/aromatic N) is 4. The van der Waals surface area contributed by atoms with Gasteiger partial charge in [-0.2, -0.15) is 0 Å². The summed E-state index contributed by atoms with van der Waals surface area (Å²) in [5.41, 5.74) is 3.74. The number of likely N-dealkylation sites (N-methyl/N-ethyl adjacent to an activating group) is 1. The normalized spacial score (nSPS) is 15.8. The molecule has 0 unspecified atom stereocenters. The van der Waals surface area contributed by atoms with Crippen LogP contribution in [0.3, 0.4) is 0 Å². The summed E-state index contributed by atoms with van der Waals surface area (Å²) in [7, 11) is 3.82. The fraction of sp³-hybridized carbons (Fsp3) is 0.267. The molecule has 2 aromatic carbocycles. The third-order valence-corrected chi connectivity index (χ3v) is 7.35. The Morgan fingerprint density at radius 3 is 2.76 bits per heavy atom. The fourth-order valence-electron chi connectivity index (χ4n) is 4.93. The Bertz CT molecular complexity index is 1590. The zero-order valence-corrected chi connectivity index (χ0v) is 24.5. The number of nitrogens with one attached hydrogen (secondary N) is 3. The molecular weight excluding hydrogens is 558 g/mol. The van der Waals surface area contributed by atoms with E-state index in [0.29, 0.717) is 52.5 Å². The number of hydrogen-bond acceptors (Lipinski definition) is 7. The number of carbonyl (C=O) groups excluding carboxylic acids is 2. The summed E-state index contributed by atoms with van der Waals surface area (Å²) in [6.45, 7) is 1.76. The number of likely N-dealkylation sites (tertiary alicyclic amines) is 1. The van der Waals surface area contributed by atoms with Crippen LogP contribution in [-0.2, 0) is 4.79 Å². The maximum Gasteiger partial charge on any atom is 0.253 e. The van der Waals surface area contributed by atoms with E-state index in [-0.39, 0.29) is 17.9 Å². The lowest BCUT2D eigenvalue weighted by Gasteiger charge is -2.33. The van der Waals surface area contributed by atoms with E-state index in [4.69, 9.17) is 16.6 Å². The Morgan fingerprint density at radius 1 is 1.20 bits per heavy atom. The van der Waals surface area contributed by atoms with Crippen molar-refractivity contribution in [3.05, 3.63) is 82.5 Å². The number of anilines is 2. The van der Waals surface area contributed by atoms with Gasteiger partial charge in [0.25, 0.3) is 5.91 Å². The van der Waals surface area contributed by atoms with Gasteiger partial charge in [0.2, 0.25) is 11.9 Å². The number of hydrogen-bond donors (Lipinski definition) is 4. The second-order valence-electron chi connectivity index (χ2n) is 10.3. The van der Waals surface area contributed by atoms with E-state index in [2.05, 4.69) is 33.2 Å². The van der Waals surface area contributed by atoms with Crippen LogP contribution >= 0.6 is 24.2 Å². The molecule has 3 heterocycles. The second kappa shape index (κ2) is 12.8. The summed E-state index contributed by atoms with van der Waals surface area (Å²) in [4.78, 5) is 42.4. The number of H-pyrrole nitrogens is 1. The van der Waals surface area contributed by atoms with E-state index in [0.717, 1.165) is 29.3 Å². The zero-order chi connectivity index (χ0) is 28.9. The van der Waals surface area contributed by atoms with Gasteiger partial charge in [0.05, 0.1) is 16.9 Å². The van der Waals surface area contributed by atoms with Gasteiger partial charge in [-0.25, -0.2) is 9.97 Å². The van der Waals surface area contributed by atoms with Crippen molar-refractivity contribution in [1.82, 2.24) is 24.8 Å². The van der Waals surface area contributed by atoms with Crippen molar-refractivity contribution >= 4 is 58.6 Å². The highest BCUT2D eigenvalue weighted by atomic mass is 35.5. The van der Waals surface area contributed by atoms with E-state index in [1.807, 2.05) is 54.4 Å². The number of aromatic nitrogens is 3. The summed E-state index contributed by atoms with van der Waals surface area (Å²) >= 11 is 10.8. The molecule has 1 aliphatic rings. The SMILES string of the molecule is CN(C)C/C(S)=C/C(=O)Nc1ccc(C(=O)N2CCC[C@@H](Nc3ncc(Cl)c(-c4c[nH]c5ccccc45)n3)C2)cc1. The predicted molar refractivity (Wildman–Crippen MR) is 168 cm³/mol. The minimum absolute atomic E-state index is 0.00682. The molecule has 2 amide bonds. The smallest absolute Gasteiger partial charge is 0.253 e. The largest absolute Gasteiger partial charge is 0.360 e. The second-order valence-corrected chi connectivity index (χ2v) is 11.3. The molecule has 0 saturated carbocycles. The van der Waals surface area contributed by atoms with Crippen LogP contribution in [0.2, 0.25) is 5.02 Å². The molecule has 9 nitrogen and oxygen atoms in total. The number of benzene rings is 2. The number of rotatable bonds is 8. The monoisotopic (exact) mass is 589 g/mol. The lowest BCUT2D eigenvalue weighted by molar-refractivity contribution is -0.111. The topological polar surface area (TPSA) is 106 Å². The van der Waals surface area contributed by atoms with Gasteiger partial charge in [0.1, 0.15) is 0 Å². The van der Waals surface area contributed by atoms with E-state index < -0.39 is 0 Å². The van der Waals surface area contributed by atoms with E-state index in [9.17, 15) is 9.59 Å². The van der Waals surface area contributed by atoms with Crippen LogP contribution in [0.1, 0.15) is 23.2 Å². The average molecular weight is 590 g/mol. The van der Waals surface area contributed by atoms with E-state index in [1.54, 1.807) is 30.5 Å². The number of carbonyl (C=O) groups is 2. The van der Waals surface area contributed by atoms with Gasteiger partial charge in [0.15, 0.2) is 0 Å². The third-order valence-electron chi connectivity index (χ3n) is 6.81. The lowest BCUT2D eigenvalue weighted by Crippen LogP contribution is -2.45. The number of fused-ring (bicyclic) bond motifs is 1. The van der Waals surface area contributed by atoms with E-state index >= 15 is 0 Å². The van der Waals surface area contributed by atoms with Gasteiger partial charge >= 0.3 is 0 Å². The quantitative estimate of drug-likeness (QED) is 0.164. The van der Waals surface area contributed by atoms with Crippen LogP contribution in [0.4, 0.5) is 11.6 Å². The Labute approximate surface area is 249 Å². The van der Waals surface area contributed by atoms with Crippen molar-refractivity contribution in [3.8, 4) is 11.3 Å². The highest BCUT2D eigenvalue weighted by Gasteiger charge is 2.25. The molecular formula is C30H32ClN7O2S. The molecule has 41 heavy (non-hydrogen) atoms. The van der Waals surface area contributed by atoms with Crippen LogP contribution < -0.4 is 10.6 Å². The summed E-state index contributed by atoms with van der Waals surface area (Å²) in [6.07, 6.45) is 6.70. The van der Waals surface area contributed by atoms with Crippen LogP contribution in [0, 0.1) is 0 Å². The fourth-order valence-corrected chi connectivity index (χ4v) is 5.53. The molecule has 4 aromatic rings. The molecule has 2 aromatic heterocycles. The molecule has 5 rings (SSSR count). The van der Waals surface area contributed by atoms with Crippen LogP contribution in [0.15, 0.2) is 71.9 Å². The van der Waals surface area contributed by atoms with Gasteiger partial charge in [-0.05, 0) is 57.3 Å². The summed E-state index contributed by atoms with van der Waals surface area (Å²) in [5.74, 6) is 0.144. The Morgan fingerprint density at radius 2 is 1.98 bits per heavy atom. The van der Waals surface area contributed by atoms with Gasteiger partial charge in [-0.1, -0.05) is 29.8 Å². The van der Waals surface area contributed by atoms with Crippen molar-refractivity contribution < 1.29 is 9.59 Å². The van der Waals surface area contributed by atoms with Crippen LogP contribution in [0.5, 0.6) is 0 Å². The Balaban J connectivity index is 1.22. The highest BCUT2D eigenvalue weighted by Crippen LogP contribution is 2.32. The van der Waals surface area contributed by atoms with Crippen molar-refractivity contribution in [2.45, 2.75) is 18.9 Å². The number of thiol groups is 1. The van der Waals surface area contributed by atoms with Crippen molar-refractivity contribution in [3.63, 3.8) is 0 Å². The van der Waals surface area contributed by atoms with Crippen LogP contribution in [-0.4, -0.2) is 76.3 Å². The molecule has 1 aliphatic heterocycles.